The maximum absolute atomic E-state index is 11.9. The summed E-state index contributed by atoms with van der Waals surface area (Å²) in [5.41, 5.74) is 7.58. The molecule has 1 aromatic carbocycles. The van der Waals surface area contributed by atoms with Crippen LogP contribution in [0.3, 0.4) is 0 Å². The molecule has 4 nitrogen and oxygen atoms in total. The number of thiophene rings is 1. The summed E-state index contributed by atoms with van der Waals surface area (Å²) in [6.45, 7) is 2.76. The summed E-state index contributed by atoms with van der Waals surface area (Å²) in [4.78, 5) is 13.0. The maximum Gasteiger partial charge on any atom is 0.340 e. The summed E-state index contributed by atoms with van der Waals surface area (Å²) in [7, 11) is 0. The molecule has 0 spiro atoms. The van der Waals surface area contributed by atoms with Gasteiger partial charge in [0.15, 0.2) is 0 Å². The lowest BCUT2D eigenvalue weighted by atomic mass is 10.1. The van der Waals surface area contributed by atoms with E-state index in [4.69, 9.17) is 10.5 Å². The molecular formula is C14H16N2O2S. The van der Waals surface area contributed by atoms with Crippen LogP contribution in [0.15, 0.2) is 35.7 Å². The monoisotopic (exact) mass is 276 g/mol. The van der Waals surface area contributed by atoms with Crippen LogP contribution in [0, 0.1) is 0 Å². The number of nitrogens with two attached hydrogens (primary N) is 1. The fourth-order valence-electron chi connectivity index (χ4n) is 1.74. The van der Waals surface area contributed by atoms with Gasteiger partial charge in [-0.3, -0.25) is 0 Å². The Labute approximate surface area is 116 Å². The van der Waals surface area contributed by atoms with E-state index in [-0.39, 0.29) is 5.97 Å². The van der Waals surface area contributed by atoms with Crippen LogP contribution in [-0.2, 0) is 11.3 Å². The van der Waals surface area contributed by atoms with Gasteiger partial charge in [0.2, 0.25) is 0 Å². The first-order valence-electron chi connectivity index (χ1n) is 6.04. The number of ether oxygens (including phenoxy) is 1. The number of nitrogen functional groups attached to an aromatic ring is 1. The third kappa shape index (κ3) is 3.26. The number of rotatable bonds is 5. The fraction of sp³-hybridized carbons (Fsp3) is 0.214. The van der Waals surface area contributed by atoms with Crippen molar-refractivity contribution in [3.05, 3.63) is 46.2 Å². The third-order valence-electron chi connectivity index (χ3n) is 2.61. The zero-order chi connectivity index (χ0) is 13.7. The van der Waals surface area contributed by atoms with Crippen molar-refractivity contribution in [1.82, 2.24) is 0 Å². The highest BCUT2D eigenvalue weighted by Gasteiger charge is 2.14. The Hall–Kier alpha value is -2.01. The summed E-state index contributed by atoms with van der Waals surface area (Å²) in [6, 6.07) is 9.24. The second kappa shape index (κ2) is 6.24. The maximum atomic E-state index is 11.9. The molecule has 0 atom stereocenters. The molecule has 0 fully saturated rings. The minimum atomic E-state index is -0.358. The standard InChI is InChI=1S/C14H16N2O2S/c1-2-18-14(17)11-6-3-7-12(15)13(11)16-9-10-5-4-8-19-10/h3-8,16H,2,9,15H2,1H3. The largest absolute Gasteiger partial charge is 0.462 e. The van der Waals surface area contributed by atoms with E-state index >= 15 is 0 Å². The fourth-order valence-corrected chi connectivity index (χ4v) is 2.38. The van der Waals surface area contributed by atoms with Crippen molar-refractivity contribution in [3.8, 4) is 0 Å². The Morgan fingerprint density at radius 2 is 2.21 bits per heavy atom. The second-order valence-corrected chi connectivity index (χ2v) is 4.96. The molecule has 0 amide bonds. The summed E-state index contributed by atoms with van der Waals surface area (Å²) >= 11 is 1.65. The van der Waals surface area contributed by atoms with Gasteiger partial charge in [-0.1, -0.05) is 12.1 Å². The zero-order valence-corrected chi connectivity index (χ0v) is 11.5. The van der Waals surface area contributed by atoms with E-state index in [9.17, 15) is 4.79 Å². The van der Waals surface area contributed by atoms with Crippen LogP contribution in [-0.4, -0.2) is 12.6 Å². The Kier molecular flexibility index (Phi) is 4.41. The molecule has 0 saturated carbocycles. The molecule has 3 N–H and O–H groups in total. The van der Waals surface area contributed by atoms with Gasteiger partial charge in [-0.05, 0) is 30.5 Å². The highest BCUT2D eigenvalue weighted by Crippen LogP contribution is 2.25. The van der Waals surface area contributed by atoms with Crippen LogP contribution in [0.1, 0.15) is 22.2 Å². The summed E-state index contributed by atoms with van der Waals surface area (Å²) in [5, 5.41) is 5.22. The van der Waals surface area contributed by atoms with Gasteiger partial charge in [-0.15, -0.1) is 11.3 Å². The van der Waals surface area contributed by atoms with E-state index in [1.54, 1.807) is 36.5 Å². The lowest BCUT2D eigenvalue weighted by Crippen LogP contribution is -2.11. The number of carbonyl (C=O) groups is 1. The lowest BCUT2D eigenvalue weighted by Gasteiger charge is -2.13. The minimum absolute atomic E-state index is 0.345. The van der Waals surface area contributed by atoms with Crippen LogP contribution >= 0.6 is 11.3 Å². The molecule has 5 heteroatoms. The number of esters is 1. The molecule has 19 heavy (non-hydrogen) atoms. The number of benzene rings is 1. The minimum Gasteiger partial charge on any atom is -0.462 e. The van der Waals surface area contributed by atoms with E-state index < -0.39 is 0 Å². The molecule has 100 valence electrons. The van der Waals surface area contributed by atoms with Crippen LogP contribution in [0.2, 0.25) is 0 Å². The molecule has 0 aliphatic rings. The van der Waals surface area contributed by atoms with Gasteiger partial charge in [0.1, 0.15) is 0 Å². The smallest absolute Gasteiger partial charge is 0.340 e. The molecule has 1 heterocycles. The highest BCUT2D eigenvalue weighted by atomic mass is 32.1. The predicted molar refractivity (Wildman–Crippen MR) is 78.5 cm³/mol. The summed E-state index contributed by atoms with van der Waals surface area (Å²) in [6.07, 6.45) is 0. The Morgan fingerprint density at radius 3 is 2.89 bits per heavy atom. The zero-order valence-electron chi connectivity index (χ0n) is 10.7. The summed E-state index contributed by atoms with van der Waals surface area (Å²) < 4.78 is 5.03. The molecule has 0 bridgehead atoms. The molecule has 0 saturated heterocycles. The number of nitrogens with one attached hydrogen (secondary N) is 1. The average molecular weight is 276 g/mol. The van der Waals surface area contributed by atoms with Gasteiger partial charge in [0, 0.05) is 11.4 Å². The molecule has 0 aliphatic heterocycles. The van der Waals surface area contributed by atoms with Crippen LogP contribution in [0.4, 0.5) is 11.4 Å². The Morgan fingerprint density at radius 1 is 1.37 bits per heavy atom. The van der Waals surface area contributed by atoms with Crippen molar-refractivity contribution in [3.63, 3.8) is 0 Å². The van der Waals surface area contributed by atoms with Gasteiger partial charge in [-0.25, -0.2) is 4.79 Å². The average Bonchev–Trinajstić information content (AvgIpc) is 2.90. The Balaban J connectivity index is 2.20. The van der Waals surface area contributed by atoms with E-state index in [0.717, 1.165) is 0 Å². The van der Waals surface area contributed by atoms with Gasteiger partial charge in [0.25, 0.3) is 0 Å². The first kappa shape index (κ1) is 13.4. The molecule has 0 unspecified atom stereocenters. The van der Waals surface area contributed by atoms with Crippen molar-refractivity contribution in [2.45, 2.75) is 13.5 Å². The van der Waals surface area contributed by atoms with Crippen molar-refractivity contribution in [2.24, 2.45) is 0 Å². The van der Waals surface area contributed by atoms with Crippen LogP contribution in [0.25, 0.3) is 0 Å². The molecule has 1 aromatic heterocycles. The topological polar surface area (TPSA) is 64.3 Å². The first-order chi connectivity index (χ1) is 9.22. The summed E-state index contributed by atoms with van der Waals surface area (Å²) in [5.74, 6) is -0.358. The normalized spacial score (nSPS) is 10.2. The number of anilines is 2. The second-order valence-electron chi connectivity index (χ2n) is 3.92. The van der Waals surface area contributed by atoms with Gasteiger partial charge in [-0.2, -0.15) is 0 Å². The molecular weight excluding hydrogens is 260 g/mol. The van der Waals surface area contributed by atoms with E-state index in [0.29, 0.717) is 30.1 Å². The lowest BCUT2D eigenvalue weighted by molar-refractivity contribution is 0.0527. The molecule has 0 radical (unpaired) electrons. The molecule has 0 aliphatic carbocycles. The Bertz CT molecular complexity index is 553. The molecule has 2 rings (SSSR count). The quantitative estimate of drug-likeness (QED) is 0.650. The van der Waals surface area contributed by atoms with E-state index in [2.05, 4.69) is 5.32 Å². The number of para-hydroxylation sites is 1. The van der Waals surface area contributed by atoms with Crippen molar-refractivity contribution >= 4 is 28.7 Å². The van der Waals surface area contributed by atoms with E-state index in [1.165, 1.54) is 4.88 Å². The number of carbonyl (C=O) groups excluding carboxylic acids is 1. The third-order valence-corrected chi connectivity index (χ3v) is 3.49. The van der Waals surface area contributed by atoms with Crippen LogP contribution < -0.4 is 11.1 Å². The van der Waals surface area contributed by atoms with Crippen molar-refractivity contribution in [2.75, 3.05) is 17.7 Å². The van der Waals surface area contributed by atoms with Gasteiger partial charge < -0.3 is 15.8 Å². The van der Waals surface area contributed by atoms with Gasteiger partial charge in [0.05, 0.1) is 23.5 Å². The van der Waals surface area contributed by atoms with Crippen molar-refractivity contribution in [1.29, 1.82) is 0 Å². The first-order valence-corrected chi connectivity index (χ1v) is 6.92. The number of hydrogen-bond acceptors (Lipinski definition) is 5. The predicted octanol–water partition coefficient (Wildman–Crippen LogP) is 3.12. The van der Waals surface area contributed by atoms with Crippen molar-refractivity contribution < 1.29 is 9.53 Å². The SMILES string of the molecule is CCOC(=O)c1cccc(N)c1NCc1cccs1. The van der Waals surface area contributed by atoms with E-state index in [1.807, 2.05) is 17.5 Å². The molecule has 2 aromatic rings. The number of hydrogen-bond donors (Lipinski definition) is 2. The van der Waals surface area contributed by atoms with Gasteiger partial charge >= 0.3 is 5.97 Å². The van der Waals surface area contributed by atoms with Crippen LogP contribution in [0.5, 0.6) is 0 Å². The highest BCUT2D eigenvalue weighted by molar-refractivity contribution is 7.09.